The lowest BCUT2D eigenvalue weighted by Gasteiger charge is -1.70. The highest BCUT2D eigenvalue weighted by molar-refractivity contribution is 4.89. The average Bonchev–Trinajstić information content (AvgIpc) is 2.04. The lowest BCUT2D eigenvalue weighted by molar-refractivity contribution is 1.07. The van der Waals surface area contributed by atoms with Crippen molar-refractivity contribution in [2.24, 2.45) is 0 Å². The third-order valence-electron chi connectivity index (χ3n) is 0.965. The summed E-state index contributed by atoms with van der Waals surface area (Å²) in [5.41, 5.74) is 0.501. The zero-order valence-corrected chi connectivity index (χ0v) is 5.99. The van der Waals surface area contributed by atoms with Gasteiger partial charge in [-0.2, -0.15) is 0 Å². The molecule has 4 heteroatoms. The van der Waals surface area contributed by atoms with Crippen LogP contribution in [0.25, 0.3) is 13.2 Å². The standard InChI is InChI=1S/C7H8N4/c1-6-3-8-4-10-7(2)11-5-9-6/h3-5H,1-2H2,(H,9,11). The van der Waals surface area contributed by atoms with E-state index in [1.807, 2.05) is 0 Å². The summed E-state index contributed by atoms with van der Waals surface area (Å²) in [4.78, 5) is 14.2. The smallest absolute Gasteiger partial charge is 0.125 e. The molecule has 0 amide bonds. The molecule has 1 rings (SSSR count). The molecule has 56 valence electrons. The molecular formula is C7H8N4. The first-order valence-corrected chi connectivity index (χ1v) is 3.01. The monoisotopic (exact) mass is 148 g/mol. The molecule has 1 heterocycles. The quantitative estimate of drug-likeness (QED) is 0.521. The molecule has 1 N–H and O–H groups in total. The van der Waals surface area contributed by atoms with Crippen molar-refractivity contribution in [2.75, 3.05) is 0 Å². The number of aromatic amines is 1. The zero-order valence-electron chi connectivity index (χ0n) is 5.99. The molecule has 0 saturated carbocycles. The van der Waals surface area contributed by atoms with Gasteiger partial charge in [0.1, 0.15) is 11.8 Å². The van der Waals surface area contributed by atoms with Crippen LogP contribution in [0, 0.1) is 0 Å². The number of aromatic nitrogens is 4. The molecule has 0 spiro atoms. The van der Waals surface area contributed by atoms with Gasteiger partial charge in [0.05, 0.1) is 17.9 Å². The van der Waals surface area contributed by atoms with E-state index in [1.165, 1.54) is 18.9 Å². The molecule has 0 aliphatic heterocycles. The SMILES string of the molecule is C=c1cncnc(=C)[nH]cn1. The lowest BCUT2D eigenvalue weighted by atomic mass is 10.7. The summed E-state index contributed by atoms with van der Waals surface area (Å²) in [5.74, 6) is 0. The fraction of sp³-hybridized carbons (Fsp3) is 0. The van der Waals surface area contributed by atoms with Gasteiger partial charge in [0.15, 0.2) is 0 Å². The van der Waals surface area contributed by atoms with Crippen molar-refractivity contribution in [3.05, 3.63) is 29.7 Å². The van der Waals surface area contributed by atoms with E-state index in [0.717, 1.165) is 0 Å². The van der Waals surface area contributed by atoms with Gasteiger partial charge in [-0.3, -0.25) is 0 Å². The molecule has 11 heavy (non-hydrogen) atoms. The number of nitrogens with zero attached hydrogens (tertiary/aromatic N) is 3. The molecule has 4 nitrogen and oxygen atoms in total. The molecule has 0 atom stereocenters. The Balaban J connectivity index is 3.44. The summed E-state index contributed by atoms with van der Waals surface area (Å²) in [6.45, 7) is 7.18. The van der Waals surface area contributed by atoms with Crippen molar-refractivity contribution in [2.45, 2.75) is 0 Å². The van der Waals surface area contributed by atoms with Gasteiger partial charge in [0, 0.05) is 0 Å². The Kier molecular flexibility index (Phi) is 2.32. The summed E-state index contributed by atoms with van der Waals surface area (Å²) in [6, 6.07) is 0. The highest BCUT2D eigenvalue weighted by atomic mass is 14.9. The van der Waals surface area contributed by atoms with Crippen LogP contribution >= 0.6 is 0 Å². The van der Waals surface area contributed by atoms with Gasteiger partial charge in [0.2, 0.25) is 0 Å². The van der Waals surface area contributed by atoms with Crippen LogP contribution in [-0.4, -0.2) is 19.9 Å². The summed E-state index contributed by atoms with van der Waals surface area (Å²) >= 11 is 0. The maximum atomic E-state index is 3.87. The Labute approximate surface area is 63.7 Å². The predicted molar refractivity (Wildman–Crippen MR) is 42.1 cm³/mol. The zero-order chi connectivity index (χ0) is 8.10. The van der Waals surface area contributed by atoms with Crippen molar-refractivity contribution in [3.63, 3.8) is 0 Å². The maximum absolute atomic E-state index is 3.87. The second-order valence-corrected chi connectivity index (χ2v) is 1.86. The molecule has 0 unspecified atom stereocenters. The average molecular weight is 148 g/mol. The lowest BCUT2D eigenvalue weighted by Crippen LogP contribution is -2.05. The van der Waals surface area contributed by atoms with Crippen LogP contribution in [0.5, 0.6) is 0 Å². The van der Waals surface area contributed by atoms with Crippen LogP contribution in [0.3, 0.4) is 0 Å². The third kappa shape index (κ3) is 2.57. The van der Waals surface area contributed by atoms with Crippen molar-refractivity contribution < 1.29 is 0 Å². The van der Waals surface area contributed by atoms with Gasteiger partial charge in [-0.15, -0.1) is 0 Å². The predicted octanol–water partition coefficient (Wildman–Crippen LogP) is -0.855. The molecule has 0 aliphatic carbocycles. The second-order valence-electron chi connectivity index (χ2n) is 1.86. The Morgan fingerprint density at radius 2 is 2.09 bits per heavy atom. The van der Waals surface area contributed by atoms with Crippen LogP contribution in [-0.2, 0) is 0 Å². The van der Waals surface area contributed by atoms with E-state index in [9.17, 15) is 0 Å². The highest BCUT2D eigenvalue weighted by Crippen LogP contribution is 1.49. The van der Waals surface area contributed by atoms with Crippen LogP contribution in [0.15, 0.2) is 18.9 Å². The van der Waals surface area contributed by atoms with Gasteiger partial charge in [0.25, 0.3) is 0 Å². The van der Waals surface area contributed by atoms with Crippen molar-refractivity contribution in [1.29, 1.82) is 0 Å². The molecule has 0 radical (unpaired) electrons. The minimum Gasteiger partial charge on any atom is -0.332 e. The molecule has 0 saturated heterocycles. The van der Waals surface area contributed by atoms with Crippen LogP contribution in [0.4, 0.5) is 0 Å². The molecule has 1 aromatic rings. The Bertz CT molecular complexity index is 331. The molecule has 0 fully saturated rings. The van der Waals surface area contributed by atoms with E-state index in [2.05, 4.69) is 33.1 Å². The summed E-state index contributed by atoms with van der Waals surface area (Å²) in [5, 5.41) is 0.568. The minimum atomic E-state index is 0.501. The molecule has 0 aromatic carbocycles. The van der Waals surface area contributed by atoms with Gasteiger partial charge in [-0.05, 0) is 0 Å². The van der Waals surface area contributed by atoms with E-state index in [1.54, 1.807) is 0 Å². The molecule has 1 aromatic heterocycles. The normalized spacial score (nSPS) is 8.73. The Morgan fingerprint density at radius 3 is 2.91 bits per heavy atom. The molecule has 0 bridgehead atoms. The van der Waals surface area contributed by atoms with E-state index in [-0.39, 0.29) is 0 Å². The number of H-pyrrole nitrogens is 1. The molecule has 0 aliphatic rings. The van der Waals surface area contributed by atoms with E-state index in [4.69, 9.17) is 0 Å². The third-order valence-corrected chi connectivity index (χ3v) is 0.965. The number of hydrogen-bond acceptors (Lipinski definition) is 3. The van der Waals surface area contributed by atoms with Gasteiger partial charge >= 0.3 is 0 Å². The fourth-order valence-corrected chi connectivity index (χ4v) is 0.483. The van der Waals surface area contributed by atoms with Gasteiger partial charge in [-0.25, -0.2) is 15.0 Å². The first-order valence-electron chi connectivity index (χ1n) is 3.01. The van der Waals surface area contributed by atoms with Crippen molar-refractivity contribution >= 4 is 13.2 Å². The minimum absolute atomic E-state index is 0.501. The number of nitrogens with one attached hydrogen (secondary N) is 1. The van der Waals surface area contributed by atoms with Crippen LogP contribution in [0.2, 0.25) is 0 Å². The number of hydrogen-bond donors (Lipinski definition) is 1. The van der Waals surface area contributed by atoms with E-state index in [0.29, 0.717) is 10.8 Å². The molecular weight excluding hydrogens is 140 g/mol. The van der Waals surface area contributed by atoms with E-state index < -0.39 is 0 Å². The van der Waals surface area contributed by atoms with E-state index >= 15 is 0 Å². The Hall–Kier alpha value is -1.71. The first kappa shape index (κ1) is 7.40. The summed E-state index contributed by atoms with van der Waals surface area (Å²) in [7, 11) is 0. The first-order chi connectivity index (χ1) is 5.29. The van der Waals surface area contributed by atoms with Gasteiger partial charge in [-0.1, -0.05) is 13.2 Å². The number of rotatable bonds is 0. The van der Waals surface area contributed by atoms with Crippen molar-refractivity contribution in [3.8, 4) is 0 Å². The van der Waals surface area contributed by atoms with Crippen LogP contribution < -0.4 is 10.8 Å². The largest absolute Gasteiger partial charge is 0.332 e. The summed E-state index contributed by atoms with van der Waals surface area (Å²) in [6.07, 6.45) is 4.37. The topological polar surface area (TPSA) is 54.5 Å². The highest BCUT2D eigenvalue weighted by Gasteiger charge is 1.67. The van der Waals surface area contributed by atoms with Gasteiger partial charge < -0.3 is 4.98 Å². The Morgan fingerprint density at radius 1 is 1.27 bits per heavy atom. The maximum Gasteiger partial charge on any atom is 0.125 e. The fourth-order valence-electron chi connectivity index (χ4n) is 0.483. The summed E-state index contributed by atoms with van der Waals surface area (Å²) < 4.78 is 0. The second kappa shape index (κ2) is 3.46. The van der Waals surface area contributed by atoms with Crippen molar-refractivity contribution in [1.82, 2.24) is 19.9 Å². The van der Waals surface area contributed by atoms with Crippen LogP contribution in [0.1, 0.15) is 0 Å².